The zero-order valence-electron chi connectivity index (χ0n) is 8.91. The third-order valence-corrected chi connectivity index (χ3v) is 1.75. The van der Waals surface area contributed by atoms with Gasteiger partial charge in [-0.05, 0) is 31.5 Å². The Morgan fingerprint density at radius 3 is 2.36 bits per heavy atom. The standard InChI is InChI=1S/C12H16O2/c1-5-10-6-11(13-4)8-12(7-10)14-9(2)3/h5-9H,1H2,2-4H3. The summed E-state index contributed by atoms with van der Waals surface area (Å²) >= 11 is 0. The summed E-state index contributed by atoms with van der Waals surface area (Å²) in [6.07, 6.45) is 1.94. The van der Waals surface area contributed by atoms with E-state index in [4.69, 9.17) is 9.47 Å². The van der Waals surface area contributed by atoms with Gasteiger partial charge in [0.25, 0.3) is 0 Å². The Morgan fingerprint density at radius 2 is 1.86 bits per heavy atom. The molecule has 0 atom stereocenters. The van der Waals surface area contributed by atoms with E-state index < -0.39 is 0 Å². The Hall–Kier alpha value is -1.44. The van der Waals surface area contributed by atoms with E-state index in [-0.39, 0.29) is 6.10 Å². The van der Waals surface area contributed by atoms with Crippen LogP contribution in [0.4, 0.5) is 0 Å². The molecule has 1 aromatic carbocycles. The number of ether oxygens (including phenoxy) is 2. The second-order valence-electron chi connectivity index (χ2n) is 3.31. The Kier molecular flexibility index (Phi) is 3.57. The molecule has 2 heteroatoms. The molecular formula is C12H16O2. The average Bonchev–Trinajstić information content (AvgIpc) is 2.16. The molecule has 1 rings (SSSR count). The highest BCUT2D eigenvalue weighted by Gasteiger charge is 2.01. The van der Waals surface area contributed by atoms with Crippen LogP contribution in [-0.4, -0.2) is 13.2 Å². The van der Waals surface area contributed by atoms with Crippen LogP contribution in [0, 0.1) is 0 Å². The van der Waals surface area contributed by atoms with Gasteiger partial charge in [0, 0.05) is 6.07 Å². The Bertz CT molecular complexity index is 316. The van der Waals surface area contributed by atoms with E-state index in [2.05, 4.69) is 6.58 Å². The van der Waals surface area contributed by atoms with Crippen molar-refractivity contribution in [2.24, 2.45) is 0 Å². The summed E-state index contributed by atoms with van der Waals surface area (Å²) in [5.41, 5.74) is 1.00. The van der Waals surface area contributed by atoms with Crippen molar-refractivity contribution in [2.75, 3.05) is 7.11 Å². The fourth-order valence-corrected chi connectivity index (χ4v) is 1.17. The van der Waals surface area contributed by atoms with E-state index in [9.17, 15) is 0 Å². The fourth-order valence-electron chi connectivity index (χ4n) is 1.17. The highest BCUT2D eigenvalue weighted by Crippen LogP contribution is 2.24. The van der Waals surface area contributed by atoms with Crippen LogP contribution in [0.3, 0.4) is 0 Å². The molecule has 0 unspecified atom stereocenters. The summed E-state index contributed by atoms with van der Waals surface area (Å²) in [7, 11) is 1.64. The van der Waals surface area contributed by atoms with Crippen molar-refractivity contribution in [3.8, 4) is 11.5 Å². The Balaban J connectivity index is 2.98. The molecule has 0 amide bonds. The maximum absolute atomic E-state index is 5.57. The van der Waals surface area contributed by atoms with Crippen molar-refractivity contribution in [1.82, 2.24) is 0 Å². The summed E-state index contributed by atoms with van der Waals surface area (Å²) in [4.78, 5) is 0. The molecule has 76 valence electrons. The first kappa shape index (κ1) is 10.6. The maximum atomic E-state index is 5.57. The second-order valence-corrected chi connectivity index (χ2v) is 3.31. The molecule has 2 nitrogen and oxygen atoms in total. The molecule has 0 fully saturated rings. The minimum atomic E-state index is 0.166. The molecule has 0 radical (unpaired) electrons. The first-order valence-corrected chi connectivity index (χ1v) is 4.64. The quantitative estimate of drug-likeness (QED) is 0.729. The fraction of sp³-hybridized carbons (Fsp3) is 0.333. The molecule has 0 aliphatic heterocycles. The predicted octanol–water partition coefficient (Wildman–Crippen LogP) is 3.13. The lowest BCUT2D eigenvalue weighted by Crippen LogP contribution is -2.05. The zero-order chi connectivity index (χ0) is 10.6. The number of hydrogen-bond acceptors (Lipinski definition) is 2. The maximum Gasteiger partial charge on any atom is 0.123 e. The van der Waals surface area contributed by atoms with Crippen LogP contribution in [0.5, 0.6) is 11.5 Å². The van der Waals surface area contributed by atoms with Crippen molar-refractivity contribution in [3.05, 3.63) is 30.3 Å². The van der Waals surface area contributed by atoms with Gasteiger partial charge in [-0.2, -0.15) is 0 Å². The first-order valence-electron chi connectivity index (χ1n) is 4.64. The summed E-state index contributed by atoms with van der Waals surface area (Å²) in [5, 5.41) is 0. The van der Waals surface area contributed by atoms with Crippen molar-refractivity contribution in [1.29, 1.82) is 0 Å². The van der Waals surface area contributed by atoms with Crippen molar-refractivity contribution in [3.63, 3.8) is 0 Å². The van der Waals surface area contributed by atoms with Gasteiger partial charge in [-0.15, -0.1) is 0 Å². The van der Waals surface area contributed by atoms with Crippen LogP contribution in [-0.2, 0) is 0 Å². The van der Waals surface area contributed by atoms with Crippen LogP contribution in [0.25, 0.3) is 6.08 Å². The molecule has 0 aromatic heterocycles. The Labute approximate surface area is 85.2 Å². The molecular weight excluding hydrogens is 176 g/mol. The van der Waals surface area contributed by atoms with Gasteiger partial charge in [0.2, 0.25) is 0 Å². The number of hydrogen-bond donors (Lipinski definition) is 0. The molecule has 0 spiro atoms. The monoisotopic (exact) mass is 192 g/mol. The van der Waals surface area contributed by atoms with Crippen LogP contribution < -0.4 is 9.47 Å². The van der Waals surface area contributed by atoms with Gasteiger partial charge in [-0.25, -0.2) is 0 Å². The molecule has 0 bridgehead atoms. The lowest BCUT2D eigenvalue weighted by atomic mass is 10.2. The van der Waals surface area contributed by atoms with Gasteiger partial charge in [-0.1, -0.05) is 12.7 Å². The van der Waals surface area contributed by atoms with E-state index in [1.165, 1.54) is 0 Å². The smallest absolute Gasteiger partial charge is 0.123 e. The van der Waals surface area contributed by atoms with E-state index in [1.54, 1.807) is 13.2 Å². The molecule has 0 heterocycles. The molecule has 0 aliphatic rings. The van der Waals surface area contributed by atoms with Gasteiger partial charge >= 0.3 is 0 Å². The van der Waals surface area contributed by atoms with Crippen molar-refractivity contribution >= 4 is 6.08 Å². The normalized spacial score (nSPS) is 10.0. The van der Waals surface area contributed by atoms with E-state index in [1.807, 2.05) is 32.0 Å². The van der Waals surface area contributed by atoms with Gasteiger partial charge in [0.05, 0.1) is 13.2 Å². The van der Waals surface area contributed by atoms with Crippen LogP contribution in [0.1, 0.15) is 19.4 Å². The highest BCUT2D eigenvalue weighted by atomic mass is 16.5. The molecule has 0 aliphatic carbocycles. The minimum absolute atomic E-state index is 0.166. The minimum Gasteiger partial charge on any atom is -0.497 e. The highest BCUT2D eigenvalue weighted by molar-refractivity contribution is 5.53. The second kappa shape index (κ2) is 4.70. The molecule has 14 heavy (non-hydrogen) atoms. The lowest BCUT2D eigenvalue weighted by Gasteiger charge is -2.11. The molecule has 0 saturated carbocycles. The third-order valence-electron chi connectivity index (χ3n) is 1.75. The number of methoxy groups -OCH3 is 1. The average molecular weight is 192 g/mol. The van der Waals surface area contributed by atoms with E-state index >= 15 is 0 Å². The Morgan fingerprint density at radius 1 is 1.21 bits per heavy atom. The van der Waals surface area contributed by atoms with Crippen LogP contribution in [0.2, 0.25) is 0 Å². The first-order chi connectivity index (χ1) is 6.65. The van der Waals surface area contributed by atoms with Gasteiger partial charge in [-0.3, -0.25) is 0 Å². The summed E-state index contributed by atoms with van der Waals surface area (Å²) < 4.78 is 10.7. The SMILES string of the molecule is C=Cc1cc(OC)cc(OC(C)C)c1. The van der Waals surface area contributed by atoms with Crippen LogP contribution >= 0.6 is 0 Å². The van der Waals surface area contributed by atoms with Crippen LogP contribution in [0.15, 0.2) is 24.8 Å². The van der Waals surface area contributed by atoms with Gasteiger partial charge < -0.3 is 9.47 Å². The van der Waals surface area contributed by atoms with Crippen molar-refractivity contribution in [2.45, 2.75) is 20.0 Å². The van der Waals surface area contributed by atoms with Gasteiger partial charge in [0.1, 0.15) is 11.5 Å². The number of rotatable bonds is 4. The topological polar surface area (TPSA) is 18.5 Å². The zero-order valence-corrected chi connectivity index (χ0v) is 8.91. The lowest BCUT2D eigenvalue weighted by molar-refractivity contribution is 0.241. The van der Waals surface area contributed by atoms with E-state index in [0.717, 1.165) is 17.1 Å². The van der Waals surface area contributed by atoms with Crippen molar-refractivity contribution < 1.29 is 9.47 Å². The molecule has 0 N–H and O–H groups in total. The third kappa shape index (κ3) is 2.80. The van der Waals surface area contributed by atoms with E-state index in [0.29, 0.717) is 0 Å². The molecule has 0 saturated heterocycles. The summed E-state index contributed by atoms with van der Waals surface area (Å²) in [6.45, 7) is 7.70. The summed E-state index contributed by atoms with van der Waals surface area (Å²) in [5.74, 6) is 1.60. The number of benzene rings is 1. The summed E-state index contributed by atoms with van der Waals surface area (Å²) in [6, 6.07) is 5.72. The molecule has 1 aromatic rings. The largest absolute Gasteiger partial charge is 0.497 e. The van der Waals surface area contributed by atoms with Gasteiger partial charge in [0.15, 0.2) is 0 Å². The predicted molar refractivity (Wildman–Crippen MR) is 58.8 cm³/mol.